The fourth-order valence-electron chi connectivity index (χ4n) is 1.42. The highest BCUT2D eigenvalue weighted by Gasteiger charge is 2.17. The first-order chi connectivity index (χ1) is 8.00. The Labute approximate surface area is 117 Å². The third-order valence-corrected chi connectivity index (χ3v) is 3.19. The smallest absolute Gasteiger partial charge is 0.140 e. The van der Waals surface area contributed by atoms with Gasteiger partial charge in [0.25, 0.3) is 0 Å². The van der Waals surface area contributed by atoms with Crippen molar-refractivity contribution in [2.45, 2.75) is 0 Å². The molecular weight excluding hydrogens is 307 g/mol. The first-order valence-electron chi connectivity index (χ1n) is 4.46. The molecule has 0 aliphatic rings. The van der Waals surface area contributed by atoms with E-state index in [1.54, 1.807) is 6.07 Å². The molecule has 0 aliphatic heterocycles. The topological polar surface area (TPSA) is 12.9 Å². The van der Waals surface area contributed by atoms with Crippen LogP contribution < -0.4 is 0 Å². The van der Waals surface area contributed by atoms with Gasteiger partial charge >= 0.3 is 0 Å². The van der Waals surface area contributed by atoms with Crippen LogP contribution >= 0.6 is 46.4 Å². The van der Waals surface area contributed by atoms with Gasteiger partial charge < -0.3 is 0 Å². The molecule has 0 N–H and O–H groups in total. The summed E-state index contributed by atoms with van der Waals surface area (Å²) in [4.78, 5) is 3.81. The number of pyridine rings is 1. The number of rotatable bonds is 1. The highest BCUT2D eigenvalue weighted by Crippen LogP contribution is 2.39. The molecule has 2 rings (SSSR count). The van der Waals surface area contributed by atoms with Crippen LogP contribution in [0.3, 0.4) is 0 Å². The van der Waals surface area contributed by atoms with Gasteiger partial charge in [-0.15, -0.1) is 0 Å². The van der Waals surface area contributed by atoms with Gasteiger partial charge in [-0.1, -0.05) is 52.5 Å². The van der Waals surface area contributed by atoms with Gasteiger partial charge in [0, 0.05) is 11.1 Å². The van der Waals surface area contributed by atoms with E-state index in [-0.39, 0.29) is 31.5 Å². The summed E-state index contributed by atoms with van der Waals surface area (Å²) < 4.78 is 13.7. The minimum atomic E-state index is -0.523. The Morgan fingerprint density at radius 1 is 0.941 bits per heavy atom. The molecule has 1 aromatic heterocycles. The summed E-state index contributed by atoms with van der Waals surface area (Å²) in [7, 11) is 0. The highest BCUT2D eigenvalue weighted by atomic mass is 35.5. The highest BCUT2D eigenvalue weighted by molar-refractivity contribution is 6.42. The number of aromatic nitrogens is 1. The van der Waals surface area contributed by atoms with E-state index >= 15 is 0 Å². The molecule has 0 saturated carbocycles. The van der Waals surface area contributed by atoms with Crippen molar-refractivity contribution >= 4 is 46.4 Å². The zero-order valence-electron chi connectivity index (χ0n) is 8.15. The standard InChI is InChI=1S/C11H4Cl4FN/c12-5-2-1-3-7(16)9(5)10-6(13)4-8(14)17-11(10)15/h1-4H. The fraction of sp³-hybridized carbons (Fsp3) is 0. The summed E-state index contributed by atoms with van der Waals surface area (Å²) in [5, 5.41) is 0.547. The van der Waals surface area contributed by atoms with Crippen molar-refractivity contribution in [2.24, 2.45) is 0 Å². The van der Waals surface area contributed by atoms with Gasteiger partial charge in [-0.05, 0) is 18.2 Å². The molecule has 1 heterocycles. The second kappa shape index (κ2) is 4.99. The lowest BCUT2D eigenvalue weighted by Crippen LogP contribution is -1.91. The van der Waals surface area contributed by atoms with Crippen LogP contribution in [-0.2, 0) is 0 Å². The molecule has 0 atom stereocenters. The summed E-state index contributed by atoms with van der Waals surface area (Å²) in [5.41, 5.74) is 0.356. The Morgan fingerprint density at radius 2 is 1.65 bits per heavy atom. The average molecular weight is 311 g/mol. The molecular formula is C11H4Cl4FN. The molecule has 1 aromatic carbocycles. The molecule has 2 aromatic rings. The molecule has 1 nitrogen and oxygen atoms in total. The van der Waals surface area contributed by atoms with E-state index in [9.17, 15) is 4.39 Å². The average Bonchev–Trinajstić information content (AvgIpc) is 2.21. The van der Waals surface area contributed by atoms with Crippen LogP contribution in [0.25, 0.3) is 11.1 Å². The van der Waals surface area contributed by atoms with E-state index in [0.29, 0.717) is 0 Å². The molecule has 0 spiro atoms. The zero-order chi connectivity index (χ0) is 12.6. The van der Waals surface area contributed by atoms with Gasteiger partial charge in [0.2, 0.25) is 0 Å². The van der Waals surface area contributed by atoms with Crippen molar-refractivity contribution < 1.29 is 4.39 Å². The number of halogens is 5. The van der Waals surface area contributed by atoms with Crippen LogP contribution in [0, 0.1) is 5.82 Å². The molecule has 0 bridgehead atoms. The Bertz CT molecular complexity index is 542. The maximum atomic E-state index is 13.7. The van der Waals surface area contributed by atoms with Crippen molar-refractivity contribution in [3.63, 3.8) is 0 Å². The molecule has 17 heavy (non-hydrogen) atoms. The van der Waals surface area contributed by atoms with E-state index in [2.05, 4.69) is 4.98 Å². The van der Waals surface area contributed by atoms with Crippen LogP contribution in [0.15, 0.2) is 24.3 Å². The monoisotopic (exact) mass is 309 g/mol. The Balaban J connectivity index is 2.77. The molecule has 0 radical (unpaired) electrons. The van der Waals surface area contributed by atoms with Gasteiger partial charge in [-0.25, -0.2) is 9.37 Å². The Kier molecular flexibility index (Phi) is 3.79. The Morgan fingerprint density at radius 3 is 2.24 bits per heavy atom. The molecule has 6 heteroatoms. The molecule has 88 valence electrons. The van der Waals surface area contributed by atoms with E-state index in [1.165, 1.54) is 18.2 Å². The largest absolute Gasteiger partial charge is 0.224 e. The van der Waals surface area contributed by atoms with Crippen LogP contribution in [0.2, 0.25) is 20.4 Å². The number of nitrogens with zero attached hydrogens (tertiary/aromatic N) is 1. The van der Waals surface area contributed by atoms with Gasteiger partial charge in [-0.3, -0.25) is 0 Å². The van der Waals surface area contributed by atoms with Crippen LogP contribution in [0.4, 0.5) is 4.39 Å². The van der Waals surface area contributed by atoms with Crippen LogP contribution in [0.1, 0.15) is 0 Å². The van der Waals surface area contributed by atoms with Crippen molar-refractivity contribution in [1.82, 2.24) is 4.98 Å². The van der Waals surface area contributed by atoms with Gasteiger partial charge in [0.05, 0.1) is 10.0 Å². The SMILES string of the molecule is Fc1cccc(Cl)c1-c1c(Cl)cc(Cl)nc1Cl. The van der Waals surface area contributed by atoms with Gasteiger partial charge in [0.1, 0.15) is 16.1 Å². The predicted molar refractivity (Wildman–Crippen MR) is 69.7 cm³/mol. The first kappa shape index (κ1) is 12.9. The summed E-state index contributed by atoms with van der Waals surface area (Å²) in [5.74, 6) is -0.523. The van der Waals surface area contributed by atoms with E-state index < -0.39 is 5.82 Å². The second-order valence-electron chi connectivity index (χ2n) is 3.19. The minimum absolute atomic E-state index is 0.00880. The number of hydrogen-bond donors (Lipinski definition) is 0. The lowest BCUT2D eigenvalue weighted by Gasteiger charge is -2.09. The minimum Gasteiger partial charge on any atom is -0.224 e. The van der Waals surface area contributed by atoms with Crippen LogP contribution in [0.5, 0.6) is 0 Å². The number of benzene rings is 1. The second-order valence-corrected chi connectivity index (χ2v) is 4.75. The van der Waals surface area contributed by atoms with Crippen molar-refractivity contribution in [3.8, 4) is 11.1 Å². The first-order valence-corrected chi connectivity index (χ1v) is 5.98. The van der Waals surface area contributed by atoms with Crippen molar-refractivity contribution in [1.29, 1.82) is 0 Å². The maximum absolute atomic E-state index is 13.7. The molecule has 0 fully saturated rings. The van der Waals surface area contributed by atoms with Gasteiger partial charge in [-0.2, -0.15) is 0 Å². The van der Waals surface area contributed by atoms with E-state index in [0.717, 1.165) is 0 Å². The third-order valence-electron chi connectivity index (χ3n) is 2.11. The summed E-state index contributed by atoms with van der Waals surface area (Å²) in [6.07, 6.45) is 0. The zero-order valence-corrected chi connectivity index (χ0v) is 11.2. The quantitative estimate of drug-likeness (QED) is 0.634. The Hall–Kier alpha value is -0.540. The van der Waals surface area contributed by atoms with Gasteiger partial charge in [0.15, 0.2) is 0 Å². The van der Waals surface area contributed by atoms with E-state index in [4.69, 9.17) is 46.4 Å². The fourth-order valence-corrected chi connectivity index (χ4v) is 2.59. The normalized spacial score (nSPS) is 10.6. The third kappa shape index (κ3) is 2.50. The number of hydrogen-bond acceptors (Lipinski definition) is 1. The van der Waals surface area contributed by atoms with E-state index in [1.807, 2.05) is 0 Å². The lowest BCUT2D eigenvalue weighted by atomic mass is 10.1. The predicted octanol–water partition coefficient (Wildman–Crippen LogP) is 5.50. The lowest BCUT2D eigenvalue weighted by molar-refractivity contribution is 0.631. The van der Waals surface area contributed by atoms with Crippen molar-refractivity contribution in [3.05, 3.63) is 50.4 Å². The maximum Gasteiger partial charge on any atom is 0.140 e. The molecule has 0 unspecified atom stereocenters. The molecule has 0 amide bonds. The van der Waals surface area contributed by atoms with Crippen molar-refractivity contribution in [2.75, 3.05) is 0 Å². The van der Waals surface area contributed by atoms with Crippen LogP contribution in [-0.4, -0.2) is 4.98 Å². The summed E-state index contributed by atoms with van der Waals surface area (Å²) in [6.45, 7) is 0. The molecule has 0 saturated heterocycles. The molecule has 0 aliphatic carbocycles. The summed E-state index contributed by atoms with van der Waals surface area (Å²) in [6, 6.07) is 5.68. The summed E-state index contributed by atoms with van der Waals surface area (Å²) >= 11 is 23.5.